The molecule has 1 saturated heterocycles. The van der Waals surface area contributed by atoms with E-state index in [0.717, 1.165) is 5.56 Å². The van der Waals surface area contributed by atoms with Crippen molar-refractivity contribution >= 4 is 0 Å². The maximum atomic E-state index is 12.8. The molecule has 4 heteroatoms. The topological polar surface area (TPSA) is 47.3 Å². The number of aliphatic hydroxyl groups excluding tert-OH is 1. The van der Waals surface area contributed by atoms with E-state index < -0.39 is 0 Å². The lowest BCUT2D eigenvalue weighted by Crippen LogP contribution is -2.25. The standard InChI is InChI=1S/C13H15FN2O/c14-11-4-2-10(3-5-11)13-8-12(17)9-16(13)7-1-6-15/h2-5,12-13,17H,1,7-9H2/t12-,13-/m1/s1. The van der Waals surface area contributed by atoms with Gasteiger partial charge >= 0.3 is 0 Å². The molecule has 1 heterocycles. The van der Waals surface area contributed by atoms with Crippen LogP contribution in [0.2, 0.25) is 0 Å². The Morgan fingerprint density at radius 1 is 1.41 bits per heavy atom. The molecule has 0 bridgehead atoms. The van der Waals surface area contributed by atoms with E-state index in [4.69, 9.17) is 5.26 Å². The van der Waals surface area contributed by atoms with Gasteiger partial charge in [-0.3, -0.25) is 4.90 Å². The summed E-state index contributed by atoms with van der Waals surface area (Å²) in [5.41, 5.74) is 1.00. The summed E-state index contributed by atoms with van der Waals surface area (Å²) in [6, 6.07) is 8.56. The third kappa shape index (κ3) is 2.82. The number of benzene rings is 1. The normalized spacial score (nSPS) is 24.8. The van der Waals surface area contributed by atoms with E-state index >= 15 is 0 Å². The minimum Gasteiger partial charge on any atom is -0.392 e. The van der Waals surface area contributed by atoms with Crippen molar-refractivity contribution in [2.45, 2.75) is 25.0 Å². The second-order valence-corrected chi connectivity index (χ2v) is 4.36. The Balaban J connectivity index is 2.12. The van der Waals surface area contributed by atoms with Crippen molar-refractivity contribution in [1.82, 2.24) is 4.90 Å². The van der Waals surface area contributed by atoms with Gasteiger partial charge in [0.2, 0.25) is 0 Å². The Hall–Kier alpha value is -1.44. The Morgan fingerprint density at radius 2 is 2.12 bits per heavy atom. The van der Waals surface area contributed by atoms with Crippen LogP contribution in [-0.2, 0) is 0 Å². The van der Waals surface area contributed by atoms with Crippen LogP contribution in [0, 0.1) is 17.1 Å². The van der Waals surface area contributed by atoms with Crippen LogP contribution in [0.3, 0.4) is 0 Å². The molecule has 0 saturated carbocycles. The van der Waals surface area contributed by atoms with Gasteiger partial charge < -0.3 is 5.11 Å². The van der Waals surface area contributed by atoms with Gasteiger partial charge in [0.15, 0.2) is 0 Å². The van der Waals surface area contributed by atoms with Crippen LogP contribution in [0.25, 0.3) is 0 Å². The maximum Gasteiger partial charge on any atom is 0.123 e. The lowest BCUT2D eigenvalue weighted by atomic mass is 10.0. The average molecular weight is 234 g/mol. The largest absolute Gasteiger partial charge is 0.392 e. The molecule has 2 atom stereocenters. The SMILES string of the molecule is N#CCCN1C[C@H](O)C[C@@H]1c1ccc(F)cc1. The Morgan fingerprint density at radius 3 is 2.76 bits per heavy atom. The van der Waals surface area contributed by atoms with Crippen molar-refractivity contribution in [3.63, 3.8) is 0 Å². The van der Waals surface area contributed by atoms with Crippen LogP contribution < -0.4 is 0 Å². The van der Waals surface area contributed by atoms with Crippen LogP contribution >= 0.6 is 0 Å². The molecule has 2 rings (SSSR count). The third-order valence-electron chi connectivity index (χ3n) is 3.15. The van der Waals surface area contributed by atoms with E-state index in [-0.39, 0.29) is 18.0 Å². The third-order valence-corrected chi connectivity index (χ3v) is 3.15. The molecule has 0 amide bonds. The number of halogens is 1. The van der Waals surface area contributed by atoms with Crippen LogP contribution in [0.4, 0.5) is 4.39 Å². The Labute approximate surface area is 100 Å². The van der Waals surface area contributed by atoms with E-state index in [9.17, 15) is 9.50 Å². The van der Waals surface area contributed by atoms with Crippen molar-refractivity contribution in [2.24, 2.45) is 0 Å². The molecule has 0 spiro atoms. The fourth-order valence-electron chi connectivity index (χ4n) is 2.35. The van der Waals surface area contributed by atoms with E-state index in [0.29, 0.717) is 25.9 Å². The number of hydrogen-bond acceptors (Lipinski definition) is 3. The number of hydrogen-bond donors (Lipinski definition) is 1. The molecular formula is C13H15FN2O. The van der Waals surface area contributed by atoms with Crippen LogP contribution in [0.15, 0.2) is 24.3 Å². The molecule has 1 fully saturated rings. The second kappa shape index (κ2) is 5.26. The molecule has 0 radical (unpaired) electrons. The molecule has 1 N–H and O–H groups in total. The highest BCUT2D eigenvalue weighted by Crippen LogP contribution is 2.32. The molecule has 1 aliphatic rings. The van der Waals surface area contributed by atoms with E-state index in [1.165, 1.54) is 12.1 Å². The van der Waals surface area contributed by atoms with Crippen molar-refractivity contribution in [2.75, 3.05) is 13.1 Å². The van der Waals surface area contributed by atoms with Crippen molar-refractivity contribution in [3.05, 3.63) is 35.6 Å². The summed E-state index contributed by atoms with van der Waals surface area (Å²) in [7, 11) is 0. The predicted octanol–water partition coefficient (Wildman–Crippen LogP) is 1.85. The minimum absolute atomic E-state index is 0.0962. The van der Waals surface area contributed by atoms with Crippen molar-refractivity contribution in [3.8, 4) is 6.07 Å². The van der Waals surface area contributed by atoms with Gasteiger partial charge in [-0.05, 0) is 24.1 Å². The first-order valence-corrected chi connectivity index (χ1v) is 5.75. The molecule has 1 aromatic carbocycles. The molecule has 90 valence electrons. The monoisotopic (exact) mass is 234 g/mol. The number of nitriles is 1. The Bertz CT molecular complexity index is 412. The first kappa shape index (κ1) is 12.0. The van der Waals surface area contributed by atoms with Gasteiger partial charge in [-0.15, -0.1) is 0 Å². The lowest BCUT2D eigenvalue weighted by molar-refractivity contribution is 0.176. The van der Waals surface area contributed by atoms with Crippen LogP contribution in [0.1, 0.15) is 24.4 Å². The summed E-state index contributed by atoms with van der Waals surface area (Å²) in [6.45, 7) is 1.24. The van der Waals surface area contributed by atoms with Gasteiger partial charge in [0.1, 0.15) is 5.82 Å². The highest BCUT2D eigenvalue weighted by molar-refractivity contribution is 5.21. The first-order chi connectivity index (χ1) is 8.20. The highest BCUT2D eigenvalue weighted by atomic mass is 19.1. The molecular weight excluding hydrogens is 219 g/mol. The summed E-state index contributed by atoms with van der Waals surface area (Å²) in [5, 5.41) is 18.3. The van der Waals surface area contributed by atoms with Crippen LogP contribution in [0.5, 0.6) is 0 Å². The first-order valence-electron chi connectivity index (χ1n) is 5.75. The highest BCUT2D eigenvalue weighted by Gasteiger charge is 2.31. The molecule has 17 heavy (non-hydrogen) atoms. The number of aliphatic hydroxyl groups is 1. The van der Waals surface area contributed by atoms with Crippen LogP contribution in [-0.4, -0.2) is 29.2 Å². The van der Waals surface area contributed by atoms with E-state index in [1.54, 1.807) is 12.1 Å². The molecule has 1 aromatic rings. The number of likely N-dealkylation sites (tertiary alicyclic amines) is 1. The summed E-state index contributed by atoms with van der Waals surface area (Å²) < 4.78 is 12.8. The predicted molar refractivity (Wildman–Crippen MR) is 61.6 cm³/mol. The molecule has 0 unspecified atom stereocenters. The smallest absolute Gasteiger partial charge is 0.123 e. The summed E-state index contributed by atoms with van der Waals surface area (Å²) in [6.07, 6.45) is 0.741. The minimum atomic E-state index is -0.358. The van der Waals surface area contributed by atoms with Gasteiger partial charge in [0, 0.05) is 25.6 Å². The summed E-state index contributed by atoms with van der Waals surface area (Å²) in [4.78, 5) is 2.08. The number of rotatable bonds is 3. The van der Waals surface area contributed by atoms with Gasteiger partial charge in [0.05, 0.1) is 12.2 Å². The summed E-state index contributed by atoms with van der Waals surface area (Å²) in [5.74, 6) is -0.254. The number of β-amino-alcohol motifs (C(OH)–C–C–N with tert-alkyl or cyclic N) is 1. The lowest BCUT2D eigenvalue weighted by Gasteiger charge is -2.23. The van der Waals surface area contributed by atoms with Crippen molar-refractivity contribution in [1.29, 1.82) is 5.26 Å². The maximum absolute atomic E-state index is 12.8. The van der Waals surface area contributed by atoms with Gasteiger partial charge in [0.25, 0.3) is 0 Å². The zero-order chi connectivity index (χ0) is 12.3. The quantitative estimate of drug-likeness (QED) is 0.868. The fraction of sp³-hybridized carbons (Fsp3) is 0.462. The second-order valence-electron chi connectivity index (χ2n) is 4.36. The average Bonchev–Trinajstić information content (AvgIpc) is 2.69. The zero-order valence-electron chi connectivity index (χ0n) is 9.51. The van der Waals surface area contributed by atoms with Crippen molar-refractivity contribution < 1.29 is 9.50 Å². The van der Waals surface area contributed by atoms with E-state index in [2.05, 4.69) is 11.0 Å². The molecule has 3 nitrogen and oxygen atoms in total. The number of nitrogens with zero attached hydrogens (tertiary/aromatic N) is 2. The van der Waals surface area contributed by atoms with E-state index in [1.807, 2.05) is 0 Å². The van der Waals surface area contributed by atoms with Gasteiger partial charge in [-0.1, -0.05) is 12.1 Å². The molecule has 0 aliphatic carbocycles. The summed E-state index contributed by atoms with van der Waals surface area (Å²) >= 11 is 0. The molecule has 0 aromatic heterocycles. The Kier molecular flexibility index (Phi) is 3.72. The van der Waals surface area contributed by atoms with Gasteiger partial charge in [-0.2, -0.15) is 5.26 Å². The molecule has 1 aliphatic heterocycles. The fourth-order valence-corrected chi connectivity index (χ4v) is 2.35. The zero-order valence-corrected chi connectivity index (χ0v) is 9.51. The van der Waals surface area contributed by atoms with Gasteiger partial charge in [-0.25, -0.2) is 4.39 Å².